The summed E-state index contributed by atoms with van der Waals surface area (Å²) in [5, 5.41) is 16.1. The Morgan fingerprint density at radius 2 is 2.08 bits per heavy atom. The van der Waals surface area contributed by atoms with Crippen molar-refractivity contribution in [3.63, 3.8) is 0 Å². The first-order valence-electron chi connectivity index (χ1n) is 7.63. The van der Waals surface area contributed by atoms with Crippen molar-refractivity contribution in [1.29, 1.82) is 0 Å². The third-order valence-electron chi connectivity index (χ3n) is 3.68. The number of nitrogens with one attached hydrogen (secondary N) is 1. The van der Waals surface area contributed by atoms with Crippen LogP contribution in [0.4, 0.5) is 0 Å². The molecule has 4 nitrogen and oxygen atoms in total. The number of aromatic nitrogens is 1. The number of para-hydroxylation sites is 1. The monoisotopic (exact) mass is 338 g/mol. The third kappa shape index (κ3) is 3.88. The van der Waals surface area contributed by atoms with Crippen LogP contribution >= 0.6 is 11.3 Å². The molecule has 0 saturated heterocycles. The van der Waals surface area contributed by atoms with Gasteiger partial charge in [-0.25, -0.2) is 4.98 Å². The minimum absolute atomic E-state index is 0.155. The molecule has 0 aliphatic heterocycles. The van der Waals surface area contributed by atoms with E-state index in [1.807, 2.05) is 53.9 Å². The second-order valence-electron chi connectivity index (χ2n) is 5.73. The smallest absolute Gasteiger partial charge is 0.244 e. The summed E-state index contributed by atoms with van der Waals surface area (Å²) in [6.45, 7) is 1.84. The van der Waals surface area contributed by atoms with Crippen LogP contribution < -0.4 is 5.32 Å². The second-order valence-corrected chi connectivity index (χ2v) is 6.68. The van der Waals surface area contributed by atoms with Crippen LogP contribution in [0.5, 0.6) is 0 Å². The van der Waals surface area contributed by atoms with Crippen molar-refractivity contribution in [3.8, 4) is 0 Å². The number of amides is 1. The topological polar surface area (TPSA) is 62.2 Å². The number of fused-ring (bicyclic) bond motifs is 1. The maximum Gasteiger partial charge on any atom is 0.244 e. The zero-order chi connectivity index (χ0) is 17.0. The summed E-state index contributed by atoms with van der Waals surface area (Å²) in [5.41, 5.74) is 0.535. The lowest BCUT2D eigenvalue weighted by atomic mass is 10.1. The molecule has 0 saturated carbocycles. The molecule has 0 fully saturated rings. The van der Waals surface area contributed by atoms with Gasteiger partial charge in [0.25, 0.3) is 0 Å². The summed E-state index contributed by atoms with van der Waals surface area (Å²) in [5.74, 6) is -0.262. The summed E-state index contributed by atoms with van der Waals surface area (Å²) in [6, 6.07) is 15.4. The average molecular weight is 338 g/mol. The molecule has 1 amide bonds. The van der Waals surface area contributed by atoms with Crippen molar-refractivity contribution >= 4 is 34.2 Å². The number of carbonyl (C=O) groups is 1. The standard InChI is InChI=1S/C19H18N2O2S/c1-19(23,17-7-4-12-24-17)13-20-18(22)11-10-15-9-8-14-5-2-3-6-16(14)21-15/h2-12,23H,13H2,1H3,(H,20,22). The fourth-order valence-electron chi connectivity index (χ4n) is 2.33. The quantitative estimate of drug-likeness (QED) is 0.702. The largest absolute Gasteiger partial charge is 0.383 e. The van der Waals surface area contributed by atoms with E-state index in [2.05, 4.69) is 10.3 Å². The Kier molecular flexibility index (Phi) is 4.74. The molecule has 2 aromatic heterocycles. The molecule has 5 heteroatoms. The molecule has 1 atom stereocenters. The molecule has 0 spiro atoms. The molecule has 2 heterocycles. The molecular weight excluding hydrogens is 320 g/mol. The normalized spacial score (nSPS) is 13.9. The van der Waals surface area contributed by atoms with E-state index in [1.165, 1.54) is 17.4 Å². The van der Waals surface area contributed by atoms with E-state index < -0.39 is 5.60 Å². The summed E-state index contributed by atoms with van der Waals surface area (Å²) in [6.07, 6.45) is 3.10. The Morgan fingerprint density at radius 1 is 1.25 bits per heavy atom. The van der Waals surface area contributed by atoms with Crippen LogP contribution in [0.2, 0.25) is 0 Å². The van der Waals surface area contributed by atoms with Crippen molar-refractivity contribution in [2.75, 3.05) is 6.54 Å². The van der Waals surface area contributed by atoms with Gasteiger partial charge < -0.3 is 10.4 Å². The molecule has 0 radical (unpaired) electrons. The highest BCUT2D eigenvalue weighted by atomic mass is 32.1. The first-order chi connectivity index (χ1) is 11.5. The Hall–Kier alpha value is -2.50. The molecule has 3 rings (SSSR count). The van der Waals surface area contributed by atoms with Crippen molar-refractivity contribution in [2.24, 2.45) is 0 Å². The summed E-state index contributed by atoms with van der Waals surface area (Å²) < 4.78 is 0. The summed E-state index contributed by atoms with van der Waals surface area (Å²) >= 11 is 1.46. The van der Waals surface area contributed by atoms with Crippen molar-refractivity contribution in [1.82, 2.24) is 10.3 Å². The number of thiophene rings is 1. The van der Waals surface area contributed by atoms with Gasteiger partial charge in [0.2, 0.25) is 5.91 Å². The predicted molar refractivity (Wildman–Crippen MR) is 97.7 cm³/mol. The zero-order valence-corrected chi connectivity index (χ0v) is 14.1. The molecule has 0 bridgehead atoms. The predicted octanol–water partition coefficient (Wildman–Crippen LogP) is 3.33. The van der Waals surface area contributed by atoms with Crippen LogP contribution in [0.1, 0.15) is 17.5 Å². The van der Waals surface area contributed by atoms with Crippen LogP contribution in [0.15, 0.2) is 60.0 Å². The Bertz CT molecular complexity index is 870. The number of aliphatic hydroxyl groups is 1. The van der Waals surface area contributed by atoms with Gasteiger partial charge in [-0.2, -0.15) is 0 Å². The zero-order valence-electron chi connectivity index (χ0n) is 13.3. The van der Waals surface area contributed by atoms with E-state index in [9.17, 15) is 9.90 Å². The van der Waals surface area contributed by atoms with Crippen molar-refractivity contribution < 1.29 is 9.90 Å². The van der Waals surface area contributed by atoms with Gasteiger partial charge in [0.1, 0.15) is 5.60 Å². The molecule has 0 aliphatic rings. The van der Waals surface area contributed by atoms with E-state index in [0.29, 0.717) is 5.69 Å². The minimum Gasteiger partial charge on any atom is -0.383 e. The van der Waals surface area contributed by atoms with Gasteiger partial charge in [-0.3, -0.25) is 4.79 Å². The number of benzene rings is 1. The number of carbonyl (C=O) groups excluding carboxylic acids is 1. The van der Waals surface area contributed by atoms with Crippen molar-refractivity contribution in [3.05, 3.63) is 70.6 Å². The Labute approximate surface area is 144 Å². The van der Waals surface area contributed by atoms with Crippen LogP contribution in [-0.2, 0) is 10.4 Å². The number of rotatable bonds is 5. The molecule has 24 heavy (non-hydrogen) atoms. The van der Waals surface area contributed by atoms with Crippen LogP contribution in [0.3, 0.4) is 0 Å². The number of pyridine rings is 1. The average Bonchev–Trinajstić information content (AvgIpc) is 3.13. The van der Waals surface area contributed by atoms with Crippen LogP contribution in [-0.4, -0.2) is 22.5 Å². The molecule has 2 N–H and O–H groups in total. The second kappa shape index (κ2) is 6.95. The summed E-state index contributed by atoms with van der Waals surface area (Å²) in [4.78, 5) is 17.3. The van der Waals surface area contributed by atoms with Gasteiger partial charge in [-0.15, -0.1) is 11.3 Å². The fourth-order valence-corrected chi connectivity index (χ4v) is 3.11. The van der Waals surface area contributed by atoms with E-state index >= 15 is 0 Å². The maximum atomic E-state index is 12.0. The molecule has 0 aliphatic carbocycles. The lowest BCUT2D eigenvalue weighted by molar-refractivity contribution is -0.117. The van der Waals surface area contributed by atoms with Gasteiger partial charge in [-0.05, 0) is 36.6 Å². The van der Waals surface area contributed by atoms with E-state index in [1.54, 1.807) is 13.0 Å². The number of nitrogens with zero attached hydrogens (tertiary/aromatic N) is 1. The van der Waals surface area contributed by atoms with Gasteiger partial charge in [0, 0.05) is 16.3 Å². The first-order valence-corrected chi connectivity index (χ1v) is 8.51. The Morgan fingerprint density at radius 3 is 2.88 bits per heavy atom. The summed E-state index contributed by atoms with van der Waals surface area (Å²) in [7, 11) is 0. The Balaban J connectivity index is 1.62. The van der Waals surface area contributed by atoms with E-state index in [0.717, 1.165) is 15.8 Å². The van der Waals surface area contributed by atoms with Gasteiger partial charge in [0.15, 0.2) is 0 Å². The lowest BCUT2D eigenvalue weighted by Crippen LogP contribution is -2.37. The third-order valence-corrected chi connectivity index (χ3v) is 4.81. The number of hydrogen-bond donors (Lipinski definition) is 2. The van der Waals surface area contributed by atoms with Gasteiger partial charge in [0.05, 0.1) is 17.8 Å². The lowest BCUT2D eigenvalue weighted by Gasteiger charge is -2.21. The van der Waals surface area contributed by atoms with E-state index in [-0.39, 0.29) is 12.5 Å². The molecule has 122 valence electrons. The molecular formula is C19H18N2O2S. The van der Waals surface area contributed by atoms with E-state index in [4.69, 9.17) is 0 Å². The fraction of sp³-hybridized carbons (Fsp3) is 0.158. The molecule has 1 aromatic carbocycles. The molecule has 3 aromatic rings. The van der Waals surface area contributed by atoms with Crippen molar-refractivity contribution in [2.45, 2.75) is 12.5 Å². The van der Waals surface area contributed by atoms with Gasteiger partial charge >= 0.3 is 0 Å². The SMILES string of the molecule is CC(O)(CNC(=O)C=Cc1ccc2ccccc2n1)c1cccs1. The first kappa shape index (κ1) is 16.4. The highest BCUT2D eigenvalue weighted by Gasteiger charge is 2.24. The number of hydrogen-bond acceptors (Lipinski definition) is 4. The highest BCUT2D eigenvalue weighted by molar-refractivity contribution is 7.10. The van der Waals surface area contributed by atoms with Crippen LogP contribution in [0.25, 0.3) is 17.0 Å². The maximum absolute atomic E-state index is 12.0. The van der Waals surface area contributed by atoms with Crippen LogP contribution in [0, 0.1) is 0 Å². The van der Waals surface area contributed by atoms with Gasteiger partial charge in [-0.1, -0.05) is 30.3 Å². The molecule has 1 unspecified atom stereocenters. The highest BCUT2D eigenvalue weighted by Crippen LogP contribution is 2.24. The minimum atomic E-state index is -1.07.